The van der Waals surface area contributed by atoms with Crippen molar-refractivity contribution in [2.45, 2.75) is 25.9 Å². The van der Waals surface area contributed by atoms with E-state index in [1.54, 1.807) is 0 Å². The number of carbonyl (C=O) groups excluding carboxylic acids is 1. The Balaban J connectivity index is 2.22. The first-order valence-electron chi connectivity index (χ1n) is 6.07. The van der Waals surface area contributed by atoms with Crippen molar-refractivity contribution in [2.75, 3.05) is 5.75 Å². The Morgan fingerprint density at radius 1 is 1.42 bits per heavy atom. The molecule has 0 atom stereocenters. The topological polar surface area (TPSA) is 34.9 Å². The molecular weight excluding hydrogens is 280 g/mol. The molecule has 0 saturated carbocycles. The maximum Gasteiger partial charge on any atom is 0.169 e. The molecule has 0 saturated heterocycles. The summed E-state index contributed by atoms with van der Waals surface area (Å²) in [6.45, 7) is 5.81. The third kappa shape index (κ3) is 3.12. The van der Waals surface area contributed by atoms with Crippen molar-refractivity contribution in [2.24, 2.45) is 12.5 Å². The van der Waals surface area contributed by atoms with E-state index in [-0.39, 0.29) is 11.2 Å². The summed E-state index contributed by atoms with van der Waals surface area (Å²) >= 11 is 7.43. The number of nitrogens with zero attached hydrogens (tertiary/aromatic N) is 2. The quantitative estimate of drug-likeness (QED) is 0.805. The van der Waals surface area contributed by atoms with Gasteiger partial charge in [0.05, 0.1) is 16.8 Å². The molecule has 0 aliphatic rings. The van der Waals surface area contributed by atoms with Crippen LogP contribution in [0.25, 0.3) is 11.0 Å². The highest BCUT2D eigenvalue weighted by Gasteiger charge is 2.22. The van der Waals surface area contributed by atoms with Crippen LogP contribution in [0.5, 0.6) is 0 Å². The van der Waals surface area contributed by atoms with E-state index in [4.69, 9.17) is 11.6 Å². The maximum absolute atomic E-state index is 11.9. The fourth-order valence-electron chi connectivity index (χ4n) is 1.63. The van der Waals surface area contributed by atoms with Crippen LogP contribution in [0, 0.1) is 5.41 Å². The number of hydrogen-bond acceptors (Lipinski definition) is 3. The van der Waals surface area contributed by atoms with Crippen molar-refractivity contribution < 1.29 is 4.79 Å². The molecule has 2 rings (SSSR count). The molecule has 0 N–H and O–H groups in total. The zero-order valence-corrected chi connectivity index (χ0v) is 13.1. The highest BCUT2D eigenvalue weighted by atomic mass is 35.5. The van der Waals surface area contributed by atoms with Gasteiger partial charge in [0.2, 0.25) is 0 Å². The van der Waals surface area contributed by atoms with Crippen molar-refractivity contribution in [1.82, 2.24) is 9.55 Å². The number of carbonyl (C=O) groups is 1. The molecule has 0 aliphatic heterocycles. The lowest BCUT2D eigenvalue weighted by Gasteiger charge is -2.15. The summed E-state index contributed by atoms with van der Waals surface area (Å²) < 4.78 is 1.99. The van der Waals surface area contributed by atoms with Crippen LogP contribution in [0.2, 0.25) is 5.02 Å². The third-order valence-electron chi connectivity index (χ3n) is 2.97. The Morgan fingerprint density at radius 2 is 2.11 bits per heavy atom. The Hall–Kier alpha value is -1.00. The first kappa shape index (κ1) is 14.4. The molecule has 0 bridgehead atoms. The average molecular weight is 297 g/mol. The summed E-state index contributed by atoms with van der Waals surface area (Å²) in [4.78, 5) is 16.5. The molecule has 102 valence electrons. The fourth-order valence-corrected chi connectivity index (χ4v) is 2.94. The second kappa shape index (κ2) is 5.17. The molecule has 19 heavy (non-hydrogen) atoms. The van der Waals surface area contributed by atoms with E-state index in [2.05, 4.69) is 4.98 Å². The van der Waals surface area contributed by atoms with Crippen LogP contribution in [-0.2, 0) is 11.8 Å². The van der Waals surface area contributed by atoms with Crippen molar-refractivity contribution in [3.63, 3.8) is 0 Å². The number of rotatable bonds is 3. The molecular formula is C14H17ClN2OS. The Morgan fingerprint density at radius 3 is 2.74 bits per heavy atom. The van der Waals surface area contributed by atoms with Crippen LogP contribution >= 0.6 is 23.4 Å². The number of imidazole rings is 1. The predicted molar refractivity (Wildman–Crippen MR) is 80.9 cm³/mol. The summed E-state index contributed by atoms with van der Waals surface area (Å²) in [6, 6.07) is 5.63. The highest BCUT2D eigenvalue weighted by Crippen LogP contribution is 2.27. The number of thioether (sulfide) groups is 1. The lowest BCUT2D eigenvalue weighted by Crippen LogP contribution is -2.22. The van der Waals surface area contributed by atoms with Gasteiger partial charge in [0.15, 0.2) is 5.16 Å². The second-order valence-electron chi connectivity index (χ2n) is 5.55. The fraction of sp³-hybridized carbons (Fsp3) is 0.429. The summed E-state index contributed by atoms with van der Waals surface area (Å²) in [5.41, 5.74) is 1.58. The Labute approximate surface area is 122 Å². The van der Waals surface area contributed by atoms with Gasteiger partial charge >= 0.3 is 0 Å². The molecule has 0 fully saturated rings. The Kier molecular flexibility index (Phi) is 3.92. The van der Waals surface area contributed by atoms with Crippen molar-refractivity contribution in [3.05, 3.63) is 23.2 Å². The monoisotopic (exact) mass is 296 g/mol. The number of halogens is 1. The van der Waals surface area contributed by atoms with Gasteiger partial charge in [-0.1, -0.05) is 44.1 Å². The lowest BCUT2D eigenvalue weighted by molar-refractivity contribution is -0.123. The largest absolute Gasteiger partial charge is 0.322 e. The van der Waals surface area contributed by atoms with Crippen molar-refractivity contribution in [3.8, 4) is 0 Å². The minimum Gasteiger partial charge on any atom is -0.322 e. The first-order valence-corrected chi connectivity index (χ1v) is 7.43. The number of aryl methyl sites for hydroxylation is 1. The summed E-state index contributed by atoms with van der Waals surface area (Å²) in [7, 11) is 1.95. The molecule has 0 spiro atoms. The predicted octanol–water partition coefficient (Wildman–Crippen LogP) is 3.93. The van der Waals surface area contributed by atoms with Crippen LogP contribution in [0.4, 0.5) is 0 Å². The van der Waals surface area contributed by atoms with Gasteiger partial charge < -0.3 is 4.57 Å². The van der Waals surface area contributed by atoms with Gasteiger partial charge in [0, 0.05) is 17.5 Å². The summed E-state index contributed by atoms with van der Waals surface area (Å²) in [5, 5.41) is 1.52. The SMILES string of the molecule is Cn1c(SCC(=O)C(C)(C)C)nc2cc(Cl)ccc21. The van der Waals surface area contributed by atoms with Gasteiger partial charge in [-0.25, -0.2) is 4.98 Å². The minimum atomic E-state index is -0.305. The summed E-state index contributed by atoms with van der Waals surface area (Å²) in [6.07, 6.45) is 0. The molecule has 0 aliphatic carbocycles. The number of aromatic nitrogens is 2. The van der Waals surface area contributed by atoms with Gasteiger partial charge in [-0.15, -0.1) is 0 Å². The standard InChI is InChI=1S/C14H17ClN2OS/c1-14(2,3)12(18)8-19-13-16-10-7-9(15)5-6-11(10)17(13)4/h5-7H,8H2,1-4H3. The van der Waals surface area contributed by atoms with E-state index < -0.39 is 0 Å². The summed E-state index contributed by atoms with van der Waals surface area (Å²) in [5.74, 6) is 0.664. The zero-order valence-electron chi connectivity index (χ0n) is 11.5. The molecule has 0 radical (unpaired) electrons. The number of Topliss-reactive ketones (excluding diaryl/α,β-unsaturated/α-hetero) is 1. The lowest BCUT2D eigenvalue weighted by atomic mass is 9.92. The van der Waals surface area contributed by atoms with E-state index in [1.807, 2.05) is 50.6 Å². The van der Waals surface area contributed by atoms with Crippen LogP contribution in [0.1, 0.15) is 20.8 Å². The van der Waals surface area contributed by atoms with E-state index in [0.717, 1.165) is 16.2 Å². The van der Waals surface area contributed by atoms with E-state index in [9.17, 15) is 4.79 Å². The third-order valence-corrected chi connectivity index (χ3v) is 4.24. The first-order chi connectivity index (χ1) is 8.79. The molecule has 0 unspecified atom stereocenters. The van der Waals surface area contributed by atoms with Gasteiger partial charge in [-0.3, -0.25) is 4.79 Å². The number of ketones is 1. The molecule has 3 nitrogen and oxygen atoms in total. The normalized spacial score (nSPS) is 12.1. The molecule has 1 aromatic carbocycles. The van der Waals surface area contributed by atoms with Crippen LogP contribution in [-0.4, -0.2) is 21.1 Å². The number of benzene rings is 1. The van der Waals surface area contributed by atoms with Crippen LogP contribution < -0.4 is 0 Å². The van der Waals surface area contributed by atoms with E-state index in [0.29, 0.717) is 10.8 Å². The second-order valence-corrected chi connectivity index (χ2v) is 6.93. The van der Waals surface area contributed by atoms with Gasteiger partial charge in [0.1, 0.15) is 5.78 Å². The molecule has 5 heteroatoms. The minimum absolute atomic E-state index is 0.225. The highest BCUT2D eigenvalue weighted by molar-refractivity contribution is 7.99. The Bertz CT molecular complexity index is 628. The van der Waals surface area contributed by atoms with Crippen molar-refractivity contribution >= 4 is 40.2 Å². The van der Waals surface area contributed by atoms with E-state index >= 15 is 0 Å². The number of hydrogen-bond donors (Lipinski definition) is 0. The average Bonchev–Trinajstić information content (AvgIpc) is 2.61. The molecule has 1 heterocycles. The van der Waals surface area contributed by atoms with Gasteiger partial charge in [-0.2, -0.15) is 0 Å². The molecule has 0 amide bonds. The van der Waals surface area contributed by atoms with Gasteiger partial charge in [-0.05, 0) is 18.2 Å². The zero-order chi connectivity index (χ0) is 14.2. The number of fused-ring (bicyclic) bond motifs is 1. The van der Waals surface area contributed by atoms with Crippen LogP contribution in [0.3, 0.4) is 0 Å². The maximum atomic E-state index is 11.9. The van der Waals surface area contributed by atoms with E-state index in [1.165, 1.54) is 11.8 Å². The smallest absolute Gasteiger partial charge is 0.169 e. The van der Waals surface area contributed by atoms with Crippen molar-refractivity contribution in [1.29, 1.82) is 0 Å². The molecule has 2 aromatic rings. The van der Waals surface area contributed by atoms with Gasteiger partial charge in [0.25, 0.3) is 0 Å². The molecule has 1 aromatic heterocycles. The van der Waals surface area contributed by atoms with Crippen LogP contribution in [0.15, 0.2) is 23.4 Å².